The van der Waals surface area contributed by atoms with Crippen molar-refractivity contribution in [3.63, 3.8) is 0 Å². The summed E-state index contributed by atoms with van der Waals surface area (Å²) in [4.78, 5) is 19.3. The minimum Gasteiger partial charge on any atom is -0.446 e. The molecule has 4 rings (SSSR count). The maximum absolute atomic E-state index is 10.8. The van der Waals surface area contributed by atoms with Gasteiger partial charge < -0.3 is 15.8 Å². The Hall–Kier alpha value is -3.16. The normalized spacial score (nSPS) is 20.0. The fraction of sp³-hybridized carbons (Fsp3) is 0.333. The Morgan fingerprint density at radius 1 is 1.15 bits per heavy atom. The lowest BCUT2D eigenvalue weighted by molar-refractivity contribution is 0.0805. The van der Waals surface area contributed by atoms with Gasteiger partial charge in [-0.15, -0.1) is 5.10 Å². The van der Waals surface area contributed by atoms with E-state index in [4.69, 9.17) is 15.6 Å². The maximum atomic E-state index is 10.8. The summed E-state index contributed by atoms with van der Waals surface area (Å²) in [6.45, 7) is 0. The lowest BCUT2D eigenvalue weighted by Gasteiger charge is -2.28. The maximum Gasteiger partial charge on any atom is 0.404 e. The van der Waals surface area contributed by atoms with Gasteiger partial charge in [0.25, 0.3) is 0 Å². The smallest absolute Gasteiger partial charge is 0.404 e. The molecule has 8 nitrogen and oxygen atoms in total. The van der Waals surface area contributed by atoms with Gasteiger partial charge in [-0.2, -0.15) is 0 Å². The number of aromatic nitrogens is 4. The molecular weight excluding hydrogens is 332 g/mol. The number of rotatable bonds is 4. The van der Waals surface area contributed by atoms with Crippen molar-refractivity contribution in [1.82, 2.24) is 19.6 Å². The highest BCUT2D eigenvalue weighted by molar-refractivity contribution is 5.65. The van der Waals surface area contributed by atoms with E-state index >= 15 is 0 Å². The topological polar surface area (TPSA) is 107 Å². The van der Waals surface area contributed by atoms with Crippen molar-refractivity contribution in [2.24, 2.45) is 5.73 Å². The highest BCUT2D eigenvalue weighted by Gasteiger charge is 2.23. The van der Waals surface area contributed by atoms with Crippen LogP contribution in [0.2, 0.25) is 0 Å². The van der Waals surface area contributed by atoms with Gasteiger partial charge in [0.15, 0.2) is 5.65 Å². The molecule has 26 heavy (non-hydrogen) atoms. The molecule has 3 aromatic rings. The molecule has 0 radical (unpaired) electrons. The predicted octanol–water partition coefficient (Wildman–Crippen LogP) is 2.61. The number of nitrogens with zero attached hydrogens (tertiary/aromatic N) is 4. The number of pyridine rings is 1. The molecule has 1 fully saturated rings. The first kappa shape index (κ1) is 16.3. The number of nitrogens with one attached hydrogen (secondary N) is 1. The second-order valence-corrected chi connectivity index (χ2v) is 6.42. The summed E-state index contributed by atoms with van der Waals surface area (Å²) in [5, 5.41) is 8.16. The summed E-state index contributed by atoms with van der Waals surface area (Å²) >= 11 is 0. The van der Waals surface area contributed by atoms with Gasteiger partial charge in [-0.1, -0.05) is 0 Å². The second kappa shape index (κ2) is 6.99. The van der Waals surface area contributed by atoms with Gasteiger partial charge in [0, 0.05) is 24.0 Å². The first-order chi connectivity index (χ1) is 12.7. The standard InChI is InChI=1S/C18H20N6O2/c19-18(25)26-14-3-1-13(2-4-14)22-16-5-6-17-21-11-15(24(17)23-16)12-7-9-20-10-8-12/h5-11,13-14H,1-4H2,(H2,19,25)(H,22,23). The third kappa shape index (κ3) is 3.44. The van der Waals surface area contributed by atoms with E-state index < -0.39 is 6.09 Å². The summed E-state index contributed by atoms with van der Waals surface area (Å²) in [5.74, 6) is 0.796. The van der Waals surface area contributed by atoms with Crippen LogP contribution in [0, 0.1) is 0 Å². The van der Waals surface area contributed by atoms with Gasteiger partial charge in [0.2, 0.25) is 0 Å². The van der Waals surface area contributed by atoms with Crippen LogP contribution < -0.4 is 11.1 Å². The average Bonchev–Trinajstić information content (AvgIpc) is 3.07. The average molecular weight is 352 g/mol. The highest BCUT2D eigenvalue weighted by Crippen LogP contribution is 2.25. The van der Waals surface area contributed by atoms with Gasteiger partial charge >= 0.3 is 6.09 Å². The molecule has 0 bridgehead atoms. The van der Waals surface area contributed by atoms with Crippen LogP contribution in [0.5, 0.6) is 0 Å². The molecule has 0 aliphatic heterocycles. The van der Waals surface area contributed by atoms with Crippen molar-refractivity contribution in [2.75, 3.05) is 5.32 Å². The van der Waals surface area contributed by atoms with Crippen molar-refractivity contribution >= 4 is 17.6 Å². The van der Waals surface area contributed by atoms with Crippen molar-refractivity contribution in [3.05, 3.63) is 42.9 Å². The van der Waals surface area contributed by atoms with E-state index in [2.05, 4.69) is 15.3 Å². The molecule has 3 heterocycles. The Morgan fingerprint density at radius 3 is 2.65 bits per heavy atom. The van der Waals surface area contributed by atoms with E-state index in [9.17, 15) is 4.79 Å². The summed E-state index contributed by atoms with van der Waals surface area (Å²) in [6.07, 6.45) is 7.95. The number of carbonyl (C=O) groups is 1. The van der Waals surface area contributed by atoms with E-state index in [0.29, 0.717) is 6.04 Å². The number of imidazole rings is 1. The molecular formula is C18H20N6O2. The van der Waals surface area contributed by atoms with Gasteiger partial charge in [-0.3, -0.25) is 4.98 Å². The fourth-order valence-corrected chi connectivity index (χ4v) is 3.37. The van der Waals surface area contributed by atoms with E-state index in [1.165, 1.54) is 0 Å². The lowest BCUT2D eigenvalue weighted by Crippen LogP contribution is -2.32. The summed E-state index contributed by atoms with van der Waals surface area (Å²) in [5.41, 5.74) is 7.82. The zero-order valence-electron chi connectivity index (χ0n) is 14.2. The monoisotopic (exact) mass is 352 g/mol. The number of anilines is 1. The van der Waals surface area contributed by atoms with Crippen LogP contribution in [-0.2, 0) is 4.74 Å². The second-order valence-electron chi connectivity index (χ2n) is 6.42. The van der Waals surface area contributed by atoms with Gasteiger partial charge in [-0.25, -0.2) is 14.3 Å². The molecule has 1 aliphatic carbocycles. The Labute approximate surface area is 150 Å². The molecule has 0 unspecified atom stereocenters. The van der Waals surface area contributed by atoms with Crippen LogP contribution in [0.25, 0.3) is 16.9 Å². The molecule has 0 aromatic carbocycles. The van der Waals surface area contributed by atoms with E-state index in [0.717, 1.165) is 48.4 Å². The van der Waals surface area contributed by atoms with Gasteiger partial charge in [-0.05, 0) is 49.9 Å². The van der Waals surface area contributed by atoms with Gasteiger partial charge in [0.05, 0.1) is 11.9 Å². The molecule has 3 aromatic heterocycles. The Kier molecular flexibility index (Phi) is 4.39. The largest absolute Gasteiger partial charge is 0.446 e. The van der Waals surface area contributed by atoms with E-state index in [1.807, 2.05) is 35.0 Å². The Bertz CT molecular complexity index is 902. The highest BCUT2D eigenvalue weighted by atomic mass is 16.6. The minimum absolute atomic E-state index is 0.0760. The number of fused-ring (bicyclic) bond motifs is 1. The Morgan fingerprint density at radius 2 is 1.92 bits per heavy atom. The molecule has 0 saturated heterocycles. The number of primary amides is 1. The quantitative estimate of drug-likeness (QED) is 0.747. The molecule has 0 atom stereocenters. The molecule has 1 saturated carbocycles. The molecule has 0 spiro atoms. The van der Waals surface area contributed by atoms with Crippen LogP contribution in [0.15, 0.2) is 42.9 Å². The first-order valence-corrected chi connectivity index (χ1v) is 8.67. The minimum atomic E-state index is -0.697. The van der Waals surface area contributed by atoms with Crippen LogP contribution >= 0.6 is 0 Å². The summed E-state index contributed by atoms with van der Waals surface area (Å²) in [7, 11) is 0. The molecule has 1 aliphatic rings. The van der Waals surface area contributed by atoms with E-state index in [1.54, 1.807) is 12.4 Å². The van der Waals surface area contributed by atoms with Crippen molar-refractivity contribution in [2.45, 2.75) is 37.8 Å². The number of hydrogen-bond donors (Lipinski definition) is 2. The number of hydrogen-bond acceptors (Lipinski definition) is 6. The van der Waals surface area contributed by atoms with Crippen LogP contribution in [0.4, 0.5) is 10.6 Å². The van der Waals surface area contributed by atoms with Crippen LogP contribution in [0.3, 0.4) is 0 Å². The number of ether oxygens (including phenoxy) is 1. The molecule has 134 valence electrons. The zero-order chi connectivity index (χ0) is 17.9. The third-order valence-electron chi connectivity index (χ3n) is 4.65. The summed E-state index contributed by atoms with van der Waals surface area (Å²) in [6, 6.07) is 8.05. The van der Waals surface area contributed by atoms with Gasteiger partial charge in [0.1, 0.15) is 11.9 Å². The van der Waals surface area contributed by atoms with Crippen LogP contribution in [0.1, 0.15) is 25.7 Å². The first-order valence-electron chi connectivity index (χ1n) is 8.67. The lowest BCUT2D eigenvalue weighted by atomic mass is 9.93. The third-order valence-corrected chi connectivity index (χ3v) is 4.65. The van der Waals surface area contributed by atoms with Crippen molar-refractivity contribution in [1.29, 1.82) is 0 Å². The number of amides is 1. The molecule has 3 N–H and O–H groups in total. The van der Waals surface area contributed by atoms with Crippen molar-refractivity contribution < 1.29 is 9.53 Å². The van der Waals surface area contributed by atoms with E-state index in [-0.39, 0.29) is 6.10 Å². The molecule has 8 heteroatoms. The summed E-state index contributed by atoms with van der Waals surface area (Å²) < 4.78 is 6.91. The number of nitrogens with two attached hydrogens (primary N) is 1. The predicted molar refractivity (Wildman–Crippen MR) is 96.6 cm³/mol. The molecule has 1 amide bonds. The zero-order valence-corrected chi connectivity index (χ0v) is 14.2. The SMILES string of the molecule is NC(=O)OC1CCC(Nc2ccc3ncc(-c4ccncc4)n3n2)CC1. The van der Waals surface area contributed by atoms with Crippen LogP contribution in [-0.4, -0.2) is 37.8 Å². The van der Waals surface area contributed by atoms with Crippen molar-refractivity contribution in [3.8, 4) is 11.3 Å². The number of carbonyl (C=O) groups excluding carboxylic acids is 1. The fourth-order valence-electron chi connectivity index (χ4n) is 3.37. The Balaban J connectivity index is 1.49.